The van der Waals surface area contributed by atoms with Crippen LogP contribution in [0, 0.1) is 5.92 Å². The van der Waals surface area contributed by atoms with Crippen LogP contribution in [0.5, 0.6) is 0 Å². The molecule has 1 atom stereocenters. The number of aromatic nitrogens is 3. The lowest BCUT2D eigenvalue weighted by atomic mass is 10.0. The average molecular weight is 268 g/mol. The predicted molar refractivity (Wildman–Crippen MR) is 72.5 cm³/mol. The highest BCUT2D eigenvalue weighted by molar-refractivity contribution is 5.75. The van der Waals surface area contributed by atoms with E-state index < -0.39 is 0 Å². The van der Waals surface area contributed by atoms with Gasteiger partial charge < -0.3 is 4.74 Å². The van der Waals surface area contributed by atoms with Crippen LogP contribution in [-0.2, 0) is 21.6 Å². The lowest BCUT2D eigenvalue weighted by Gasteiger charge is -2.19. The molecule has 1 heterocycles. The highest BCUT2D eigenvalue weighted by Gasteiger charge is 2.23. The highest BCUT2D eigenvalue weighted by atomic mass is 16.5. The molecular formula is C13H24N4O2. The predicted octanol–water partition coefficient (Wildman–Crippen LogP) is 1.32. The summed E-state index contributed by atoms with van der Waals surface area (Å²) in [6.45, 7) is 10.6. The maximum Gasteiger partial charge on any atom is 0.323 e. The number of nitrogens with zero attached hydrogens (tertiary/aromatic N) is 3. The molecule has 1 unspecified atom stereocenters. The van der Waals surface area contributed by atoms with Gasteiger partial charge in [-0.1, -0.05) is 19.1 Å². The summed E-state index contributed by atoms with van der Waals surface area (Å²) in [5, 5.41) is 11.3. The Bertz CT molecular complexity index is 421. The molecule has 6 heteroatoms. The number of ether oxygens (including phenoxy) is 1. The monoisotopic (exact) mass is 268 g/mol. The topological polar surface area (TPSA) is 69.0 Å². The van der Waals surface area contributed by atoms with E-state index in [1.807, 2.05) is 24.7 Å². The van der Waals surface area contributed by atoms with Crippen molar-refractivity contribution in [3.63, 3.8) is 0 Å². The summed E-state index contributed by atoms with van der Waals surface area (Å²) in [6.07, 6.45) is 1.89. The van der Waals surface area contributed by atoms with Gasteiger partial charge >= 0.3 is 5.97 Å². The van der Waals surface area contributed by atoms with Crippen molar-refractivity contribution in [2.24, 2.45) is 5.92 Å². The van der Waals surface area contributed by atoms with Crippen molar-refractivity contribution in [3.05, 3.63) is 11.9 Å². The molecule has 6 nitrogen and oxygen atoms in total. The van der Waals surface area contributed by atoms with E-state index in [2.05, 4.69) is 36.4 Å². The second-order valence-corrected chi connectivity index (χ2v) is 5.95. The number of methoxy groups -OCH3 is 1. The Morgan fingerprint density at radius 1 is 1.47 bits per heavy atom. The van der Waals surface area contributed by atoms with E-state index in [1.165, 1.54) is 7.11 Å². The average Bonchev–Trinajstić information content (AvgIpc) is 2.76. The molecule has 0 aliphatic heterocycles. The number of nitrogens with one attached hydrogen (secondary N) is 1. The zero-order valence-electron chi connectivity index (χ0n) is 12.6. The Kier molecular flexibility index (Phi) is 5.05. The molecule has 0 spiro atoms. The summed E-state index contributed by atoms with van der Waals surface area (Å²) in [5.41, 5.74) is 0.717. The Morgan fingerprint density at radius 3 is 2.53 bits per heavy atom. The van der Waals surface area contributed by atoms with Crippen LogP contribution in [-0.4, -0.2) is 34.1 Å². The van der Waals surface area contributed by atoms with Crippen molar-refractivity contribution in [2.45, 2.75) is 52.7 Å². The summed E-state index contributed by atoms with van der Waals surface area (Å²) < 4.78 is 6.59. The van der Waals surface area contributed by atoms with E-state index >= 15 is 0 Å². The van der Waals surface area contributed by atoms with Gasteiger partial charge in [0.05, 0.1) is 24.5 Å². The summed E-state index contributed by atoms with van der Waals surface area (Å²) in [6, 6.07) is -0.329. The van der Waals surface area contributed by atoms with E-state index in [0.717, 1.165) is 5.69 Å². The lowest BCUT2D eigenvalue weighted by molar-refractivity contribution is -0.144. The van der Waals surface area contributed by atoms with Gasteiger partial charge in [0.15, 0.2) is 0 Å². The number of hydrogen-bond acceptors (Lipinski definition) is 5. The van der Waals surface area contributed by atoms with Gasteiger partial charge in [-0.2, -0.15) is 0 Å². The number of rotatable bonds is 5. The first kappa shape index (κ1) is 15.6. The number of carbonyl (C=O) groups is 1. The summed E-state index contributed by atoms with van der Waals surface area (Å²) in [7, 11) is 1.40. The third-order valence-electron chi connectivity index (χ3n) is 2.85. The molecule has 0 amide bonds. The van der Waals surface area contributed by atoms with Crippen molar-refractivity contribution in [1.82, 2.24) is 20.3 Å². The standard InChI is InChI=1S/C13H24N4O2/c1-9(2)11(12(18)19-6)14-7-10-8-17(16-15-10)13(3,4)5/h8-9,11,14H,7H2,1-6H3. The first-order valence-corrected chi connectivity index (χ1v) is 6.48. The lowest BCUT2D eigenvalue weighted by Crippen LogP contribution is -2.41. The molecule has 0 aliphatic carbocycles. The smallest absolute Gasteiger partial charge is 0.323 e. The molecule has 0 fully saturated rings. The zero-order valence-corrected chi connectivity index (χ0v) is 12.6. The van der Waals surface area contributed by atoms with Crippen molar-refractivity contribution in [2.75, 3.05) is 7.11 Å². The van der Waals surface area contributed by atoms with Gasteiger partial charge in [0, 0.05) is 6.54 Å². The van der Waals surface area contributed by atoms with Gasteiger partial charge in [0.25, 0.3) is 0 Å². The van der Waals surface area contributed by atoms with E-state index in [1.54, 1.807) is 0 Å². The molecule has 0 saturated carbocycles. The molecule has 1 N–H and O–H groups in total. The summed E-state index contributed by atoms with van der Waals surface area (Å²) >= 11 is 0. The fraction of sp³-hybridized carbons (Fsp3) is 0.769. The van der Waals surface area contributed by atoms with Crippen LogP contribution in [0.1, 0.15) is 40.3 Å². The molecule has 0 saturated heterocycles. The summed E-state index contributed by atoms with van der Waals surface area (Å²) in [4.78, 5) is 11.6. The Hall–Kier alpha value is -1.43. The molecule has 1 aromatic rings. The SMILES string of the molecule is COC(=O)C(NCc1cn(C(C)(C)C)nn1)C(C)C. The number of hydrogen-bond donors (Lipinski definition) is 1. The minimum absolute atomic E-state index is 0.0922. The molecule has 0 radical (unpaired) electrons. The van der Waals surface area contributed by atoms with E-state index in [4.69, 9.17) is 4.74 Å². The van der Waals surface area contributed by atoms with Crippen LogP contribution in [0.4, 0.5) is 0 Å². The minimum Gasteiger partial charge on any atom is -0.468 e. The molecule has 1 aromatic heterocycles. The van der Waals surface area contributed by atoms with Crippen LogP contribution in [0.2, 0.25) is 0 Å². The molecule has 0 bridgehead atoms. The van der Waals surface area contributed by atoms with Crippen LogP contribution in [0.15, 0.2) is 6.20 Å². The van der Waals surface area contributed by atoms with E-state index in [-0.39, 0.29) is 23.5 Å². The van der Waals surface area contributed by atoms with Gasteiger partial charge in [-0.15, -0.1) is 5.10 Å². The normalized spacial score (nSPS) is 13.6. The third kappa shape index (κ3) is 4.31. The molecule has 19 heavy (non-hydrogen) atoms. The second-order valence-electron chi connectivity index (χ2n) is 5.95. The maximum absolute atomic E-state index is 11.6. The van der Waals surface area contributed by atoms with E-state index in [9.17, 15) is 4.79 Å². The fourth-order valence-corrected chi connectivity index (χ4v) is 1.64. The number of esters is 1. The van der Waals surface area contributed by atoms with Gasteiger partial charge in [-0.25, -0.2) is 4.68 Å². The largest absolute Gasteiger partial charge is 0.468 e. The Balaban J connectivity index is 2.65. The van der Waals surface area contributed by atoms with Crippen molar-refractivity contribution in [1.29, 1.82) is 0 Å². The second kappa shape index (κ2) is 6.14. The highest BCUT2D eigenvalue weighted by Crippen LogP contribution is 2.12. The first-order chi connectivity index (χ1) is 8.75. The molecule has 1 rings (SSSR count). The van der Waals surface area contributed by atoms with Gasteiger partial charge in [0.2, 0.25) is 0 Å². The molecule has 0 aromatic carbocycles. The molecular weight excluding hydrogens is 244 g/mol. The van der Waals surface area contributed by atoms with Gasteiger partial charge in [-0.3, -0.25) is 10.1 Å². The minimum atomic E-state index is -0.329. The van der Waals surface area contributed by atoms with Crippen LogP contribution in [0.25, 0.3) is 0 Å². The van der Waals surface area contributed by atoms with Crippen LogP contribution < -0.4 is 5.32 Å². The zero-order chi connectivity index (χ0) is 14.6. The molecule has 108 valence electrons. The first-order valence-electron chi connectivity index (χ1n) is 6.48. The third-order valence-corrected chi connectivity index (χ3v) is 2.85. The van der Waals surface area contributed by atoms with Gasteiger partial charge in [0.1, 0.15) is 6.04 Å². The van der Waals surface area contributed by atoms with Crippen molar-refractivity contribution in [3.8, 4) is 0 Å². The van der Waals surface area contributed by atoms with Crippen LogP contribution >= 0.6 is 0 Å². The number of carbonyl (C=O) groups excluding carboxylic acids is 1. The fourth-order valence-electron chi connectivity index (χ4n) is 1.64. The van der Waals surface area contributed by atoms with E-state index in [0.29, 0.717) is 6.54 Å². The van der Waals surface area contributed by atoms with Crippen molar-refractivity contribution < 1.29 is 9.53 Å². The van der Waals surface area contributed by atoms with Gasteiger partial charge in [-0.05, 0) is 26.7 Å². The van der Waals surface area contributed by atoms with Crippen LogP contribution in [0.3, 0.4) is 0 Å². The maximum atomic E-state index is 11.6. The Morgan fingerprint density at radius 2 is 2.11 bits per heavy atom. The quantitative estimate of drug-likeness (QED) is 0.816. The Labute approximate surface area is 114 Å². The van der Waals surface area contributed by atoms with Crippen molar-refractivity contribution >= 4 is 5.97 Å². The summed E-state index contributed by atoms with van der Waals surface area (Å²) in [5.74, 6) is -0.0941. The molecule has 0 aliphatic rings.